The molecule has 1 aliphatic heterocycles. The topological polar surface area (TPSA) is 16.1 Å². The van der Waals surface area contributed by atoms with Gasteiger partial charge in [-0.3, -0.25) is 0 Å². The Kier molecular flexibility index (Phi) is 4.16. The Morgan fingerprint density at radius 2 is 2.29 bits per heavy atom. The number of anilines is 1. The summed E-state index contributed by atoms with van der Waals surface area (Å²) in [5, 5.41) is 0.718. The second-order valence-electron chi connectivity index (χ2n) is 4.93. The van der Waals surface area contributed by atoms with E-state index >= 15 is 0 Å². The van der Waals surface area contributed by atoms with Gasteiger partial charge < -0.3 is 4.90 Å². The van der Waals surface area contributed by atoms with E-state index in [0.29, 0.717) is 17.8 Å². The third-order valence-electron chi connectivity index (χ3n) is 3.37. The maximum Gasteiger partial charge on any atom is 0.147 e. The molecule has 0 aromatic carbocycles. The molecule has 1 unspecified atom stereocenters. The summed E-state index contributed by atoms with van der Waals surface area (Å²) in [4.78, 5) is 6.81. The quantitative estimate of drug-likeness (QED) is 0.771. The first kappa shape index (κ1) is 13.0. The van der Waals surface area contributed by atoms with Gasteiger partial charge in [0, 0.05) is 24.7 Å². The van der Waals surface area contributed by atoms with Crippen LogP contribution in [0, 0.1) is 5.92 Å². The Bertz CT molecular complexity index is 393. The highest BCUT2D eigenvalue weighted by Crippen LogP contribution is 2.33. The first-order chi connectivity index (χ1) is 8.13. The summed E-state index contributed by atoms with van der Waals surface area (Å²) in [6.45, 7) is 5.56. The molecule has 2 nitrogen and oxygen atoms in total. The van der Waals surface area contributed by atoms with Gasteiger partial charge in [-0.05, 0) is 30.4 Å². The van der Waals surface area contributed by atoms with Crippen LogP contribution in [0.2, 0.25) is 5.02 Å². The van der Waals surface area contributed by atoms with Gasteiger partial charge in [-0.15, -0.1) is 11.6 Å². The van der Waals surface area contributed by atoms with Gasteiger partial charge in [-0.1, -0.05) is 25.4 Å². The Labute approximate surface area is 113 Å². The smallest absolute Gasteiger partial charge is 0.147 e. The zero-order valence-electron chi connectivity index (χ0n) is 10.3. The number of pyridine rings is 1. The second-order valence-corrected chi connectivity index (χ2v) is 5.60. The molecule has 0 radical (unpaired) electrons. The molecule has 2 rings (SSSR count). The van der Waals surface area contributed by atoms with Crippen LogP contribution >= 0.6 is 23.2 Å². The molecule has 4 heteroatoms. The van der Waals surface area contributed by atoms with E-state index in [1.54, 1.807) is 0 Å². The third-order valence-corrected chi connectivity index (χ3v) is 3.96. The summed E-state index contributed by atoms with van der Waals surface area (Å²) in [5.41, 5.74) is 0.973. The number of hydrogen-bond donors (Lipinski definition) is 0. The van der Waals surface area contributed by atoms with E-state index in [2.05, 4.69) is 23.7 Å². The van der Waals surface area contributed by atoms with Gasteiger partial charge in [-0.25, -0.2) is 4.98 Å². The first-order valence-corrected chi connectivity index (χ1v) is 7.01. The molecule has 1 aromatic rings. The van der Waals surface area contributed by atoms with Crippen molar-refractivity contribution in [1.82, 2.24) is 4.98 Å². The molecule has 0 saturated carbocycles. The zero-order chi connectivity index (χ0) is 12.4. The van der Waals surface area contributed by atoms with E-state index in [-0.39, 0.29) is 0 Å². The van der Waals surface area contributed by atoms with E-state index in [4.69, 9.17) is 23.2 Å². The predicted molar refractivity (Wildman–Crippen MR) is 74.0 cm³/mol. The van der Waals surface area contributed by atoms with Gasteiger partial charge >= 0.3 is 0 Å². The number of halogens is 2. The third kappa shape index (κ3) is 2.69. The lowest BCUT2D eigenvalue weighted by Crippen LogP contribution is -2.34. The maximum absolute atomic E-state index is 6.30. The van der Waals surface area contributed by atoms with Crippen molar-refractivity contribution < 1.29 is 0 Å². The molecular formula is C13H18Cl2N2. The standard InChI is InChI=1S/C13H18Cl2N2/c1-9(2)12-4-3-5-17(12)13-11(15)6-10(7-14)8-16-13/h6,8-9,12H,3-5,7H2,1-2H3. The summed E-state index contributed by atoms with van der Waals surface area (Å²) in [6, 6.07) is 2.48. The number of aromatic nitrogens is 1. The molecule has 0 amide bonds. The number of nitrogens with zero attached hydrogens (tertiary/aromatic N) is 2. The minimum absolute atomic E-state index is 0.459. The molecule has 0 spiro atoms. The van der Waals surface area contributed by atoms with Crippen molar-refractivity contribution in [2.45, 2.75) is 38.6 Å². The highest BCUT2D eigenvalue weighted by atomic mass is 35.5. The molecule has 0 aliphatic carbocycles. The SMILES string of the molecule is CC(C)C1CCCN1c1ncc(CCl)cc1Cl. The Hall–Kier alpha value is -0.470. The van der Waals surface area contributed by atoms with Crippen LogP contribution in [0.15, 0.2) is 12.3 Å². The summed E-state index contributed by atoms with van der Waals surface area (Å²) < 4.78 is 0. The maximum atomic E-state index is 6.30. The minimum Gasteiger partial charge on any atom is -0.352 e. The van der Waals surface area contributed by atoms with Crippen LogP contribution in [0.25, 0.3) is 0 Å². The monoisotopic (exact) mass is 272 g/mol. The lowest BCUT2D eigenvalue weighted by molar-refractivity contribution is 0.489. The van der Waals surface area contributed by atoms with Crippen molar-refractivity contribution in [1.29, 1.82) is 0 Å². The van der Waals surface area contributed by atoms with Crippen LogP contribution < -0.4 is 4.90 Å². The largest absolute Gasteiger partial charge is 0.352 e. The van der Waals surface area contributed by atoms with E-state index < -0.39 is 0 Å². The molecular weight excluding hydrogens is 255 g/mol. The Morgan fingerprint density at radius 3 is 2.88 bits per heavy atom. The lowest BCUT2D eigenvalue weighted by Gasteiger charge is -2.29. The molecule has 0 N–H and O–H groups in total. The van der Waals surface area contributed by atoms with Gasteiger partial charge in [0.1, 0.15) is 5.82 Å². The van der Waals surface area contributed by atoms with Crippen LogP contribution in [0.3, 0.4) is 0 Å². The summed E-state index contributed by atoms with van der Waals surface area (Å²) >= 11 is 12.1. The average Bonchev–Trinajstić information content (AvgIpc) is 2.77. The van der Waals surface area contributed by atoms with Crippen molar-refractivity contribution in [3.63, 3.8) is 0 Å². The van der Waals surface area contributed by atoms with Gasteiger partial charge in [0.15, 0.2) is 0 Å². The highest BCUT2D eigenvalue weighted by Gasteiger charge is 2.29. The van der Waals surface area contributed by atoms with Crippen LogP contribution in [0.5, 0.6) is 0 Å². The highest BCUT2D eigenvalue weighted by molar-refractivity contribution is 6.33. The number of alkyl halides is 1. The van der Waals surface area contributed by atoms with E-state index in [9.17, 15) is 0 Å². The molecule has 94 valence electrons. The van der Waals surface area contributed by atoms with Crippen LogP contribution in [-0.4, -0.2) is 17.6 Å². The van der Waals surface area contributed by atoms with Crippen molar-refractivity contribution in [2.24, 2.45) is 5.92 Å². The fourth-order valence-electron chi connectivity index (χ4n) is 2.50. The molecule has 1 saturated heterocycles. The van der Waals surface area contributed by atoms with Crippen molar-refractivity contribution in [2.75, 3.05) is 11.4 Å². The fraction of sp³-hybridized carbons (Fsp3) is 0.615. The molecule has 1 fully saturated rings. The van der Waals surface area contributed by atoms with Crippen LogP contribution in [-0.2, 0) is 5.88 Å². The van der Waals surface area contributed by atoms with Gasteiger partial charge in [0.05, 0.1) is 5.02 Å². The predicted octanol–water partition coefficient (Wildman–Crippen LogP) is 4.10. The normalized spacial score (nSPS) is 20.3. The van der Waals surface area contributed by atoms with Crippen LogP contribution in [0.1, 0.15) is 32.3 Å². The van der Waals surface area contributed by atoms with E-state index in [0.717, 1.165) is 22.9 Å². The van der Waals surface area contributed by atoms with E-state index in [1.807, 2.05) is 12.3 Å². The first-order valence-electron chi connectivity index (χ1n) is 6.10. The molecule has 1 aliphatic rings. The molecule has 0 bridgehead atoms. The summed E-state index contributed by atoms with van der Waals surface area (Å²) in [5.74, 6) is 2.00. The Morgan fingerprint density at radius 1 is 1.53 bits per heavy atom. The number of hydrogen-bond acceptors (Lipinski definition) is 2. The molecule has 2 heterocycles. The lowest BCUT2D eigenvalue weighted by atomic mass is 10.0. The van der Waals surface area contributed by atoms with Crippen molar-refractivity contribution >= 4 is 29.0 Å². The van der Waals surface area contributed by atoms with Crippen molar-refractivity contribution in [3.05, 3.63) is 22.8 Å². The molecule has 1 aromatic heterocycles. The Balaban J connectivity index is 2.27. The van der Waals surface area contributed by atoms with Crippen LogP contribution in [0.4, 0.5) is 5.82 Å². The second kappa shape index (κ2) is 5.45. The summed E-state index contributed by atoms with van der Waals surface area (Å²) in [6.07, 6.45) is 4.27. The fourth-order valence-corrected chi connectivity index (χ4v) is 2.95. The van der Waals surface area contributed by atoms with Gasteiger partial charge in [0.2, 0.25) is 0 Å². The number of rotatable bonds is 3. The average molecular weight is 273 g/mol. The van der Waals surface area contributed by atoms with E-state index in [1.165, 1.54) is 12.8 Å². The van der Waals surface area contributed by atoms with Gasteiger partial charge in [0.25, 0.3) is 0 Å². The molecule has 17 heavy (non-hydrogen) atoms. The zero-order valence-corrected chi connectivity index (χ0v) is 11.8. The van der Waals surface area contributed by atoms with Crippen molar-refractivity contribution in [3.8, 4) is 0 Å². The minimum atomic E-state index is 0.459. The summed E-state index contributed by atoms with van der Waals surface area (Å²) in [7, 11) is 0. The molecule has 1 atom stereocenters. The van der Waals surface area contributed by atoms with Gasteiger partial charge in [-0.2, -0.15) is 0 Å².